The van der Waals surface area contributed by atoms with Gasteiger partial charge in [-0.15, -0.1) is 0 Å². The number of hydrogen-bond acceptors (Lipinski definition) is 2. The highest BCUT2D eigenvalue weighted by Crippen LogP contribution is 2.34. The summed E-state index contributed by atoms with van der Waals surface area (Å²) >= 11 is 0. The van der Waals surface area contributed by atoms with Gasteiger partial charge in [0.15, 0.2) is 0 Å². The summed E-state index contributed by atoms with van der Waals surface area (Å²) in [6, 6.07) is 21.6. The lowest BCUT2D eigenvalue weighted by Crippen LogP contribution is -2.09. The Labute approximate surface area is 152 Å². The first kappa shape index (κ1) is 15.1. The molecule has 5 rings (SSSR count). The van der Waals surface area contributed by atoms with Crippen LogP contribution in [0.4, 0.5) is 11.4 Å². The van der Waals surface area contributed by atoms with E-state index in [0.717, 1.165) is 16.7 Å². The van der Waals surface area contributed by atoms with E-state index in [1.807, 2.05) is 12.1 Å². The summed E-state index contributed by atoms with van der Waals surface area (Å²) in [6.07, 6.45) is 1.73. The summed E-state index contributed by atoms with van der Waals surface area (Å²) in [5.41, 5.74) is 7.05. The van der Waals surface area contributed by atoms with E-state index in [4.69, 9.17) is 4.42 Å². The fourth-order valence-corrected chi connectivity index (χ4v) is 3.82. The zero-order chi connectivity index (χ0) is 17.8. The fourth-order valence-electron chi connectivity index (χ4n) is 3.82. The highest BCUT2D eigenvalue weighted by molar-refractivity contribution is 6.09. The number of nitrogens with zero attached hydrogens (tertiary/aromatic N) is 2. The summed E-state index contributed by atoms with van der Waals surface area (Å²) in [7, 11) is 4.25. The van der Waals surface area contributed by atoms with Gasteiger partial charge in [0, 0.05) is 47.1 Å². The molecule has 0 bridgehead atoms. The number of hydrogen-bond donors (Lipinski definition) is 0. The largest absolute Gasteiger partial charge is 0.464 e. The van der Waals surface area contributed by atoms with Gasteiger partial charge < -0.3 is 13.9 Å². The highest BCUT2D eigenvalue weighted by atomic mass is 16.3. The maximum Gasteiger partial charge on any atom is 0.133 e. The normalized spacial score (nSPS) is 11.7. The predicted molar refractivity (Wildman–Crippen MR) is 109 cm³/mol. The van der Waals surface area contributed by atoms with Crippen LogP contribution < -0.4 is 4.90 Å². The molecule has 0 spiro atoms. The molecule has 5 aromatic rings. The molecule has 0 atom stereocenters. The van der Waals surface area contributed by atoms with Gasteiger partial charge in [0.2, 0.25) is 0 Å². The van der Waals surface area contributed by atoms with Gasteiger partial charge in [-0.1, -0.05) is 18.2 Å². The maximum atomic E-state index is 5.45. The third-order valence-corrected chi connectivity index (χ3v) is 5.36. The predicted octanol–water partition coefficient (Wildman–Crippen LogP) is 6.15. The minimum atomic E-state index is 0.918. The molecule has 0 fully saturated rings. The van der Waals surface area contributed by atoms with Crippen molar-refractivity contribution in [2.75, 3.05) is 11.9 Å². The second-order valence-corrected chi connectivity index (χ2v) is 6.98. The number of rotatable bonds is 2. The molecular weight excluding hydrogens is 320 g/mol. The van der Waals surface area contributed by atoms with Crippen LogP contribution in [0, 0.1) is 6.92 Å². The first-order valence-electron chi connectivity index (χ1n) is 8.81. The second kappa shape index (κ2) is 5.40. The number of furan rings is 1. The Balaban J connectivity index is 1.66. The Morgan fingerprint density at radius 3 is 2.35 bits per heavy atom. The SMILES string of the molecule is Cc1ccc2c3ccc(N(C)c4ccc5occc5c4)cc3n(C)c2c1. The van der Waals surface area contributed by atoms with Crippen molar-refractivity contribution in [3.05, 3.63) is 72.5 Å². The van der Waals surface area contributed by atoms with Crippen LogP contribution in [0.5, 0.6) is 0 Å². The maximum absolute atomic E-state index is 5.45. The van der Waals surface area contributed by atoms with Crippen LogP contribution in [-0.4, -0.2) is 11.6 Å². The lowest BCUT2D eigenvalue weighted by molar-refractivity contribution is 0.616. The molecule has 0 saturated heterocycles. The van der Waals surface area contributed by atoms with E-state index >= 15 is 0 Å². The first-order chi connectivity index (χ1) is 12.6. The second-order valence-electron chi connectivity index (χ2n) is 6.98. The van der Waals surface area contributed by atoms with E-state index in [-0.39, 0.29) is 0 Å². The van der Waals surface area contributed by atoms with Crippen LogP contribution in [0.2, 0.25) is 0 Å². The molecule has 3 aromatic carbocycles. The summed E-state index contributed by atoms with van der Waals surface area (Å²) in [4.78, 5) is 2.22. The van der Waals surface area contributed by atoms with E-state index in [1.54, 1.807) is 6.26 Å². The number of benzene rings is 3. The number of aromatic nitrogens is 1. The standard InChI is InChI=1S/C23H20N2O/c1-15-4-7-19-20-8-5-18(14-22(20)25(3)21(19)12-15)24(2)17-6-9-23-16(13-17)10-11-26-23/h4-14H,1-3H3. The number of fused-ring (bicyclic) bond motifs is 4. The third kappa shape index (κ3) is 2.14. The van der Waals surface area contributed by atoms with Crippen molar-refractivity contribution in [2.45, 2.75) is 6.92 Å². The Kier molecular flexibility index (Phi) is 3.13. The van der Waals surface area contributed by atoms with Crippen molar-refractivity contribution >= 4 is 44.1 Å². The molecule has 0 saturated carbocycles. The lowest BCUT2D eigenvalue weighted by atomic mass is 10.1. The third-order valence-electron chi connectivity index (χ3n) is 5.36. The monoisotopic (exact) mass is 340 g/mol. The van der Waals surface area contributed by atoms with E-state index in [9.17, 15) is 0 Å². The van der Waals surface area contributed by atoms with Crippen LogP contribution in [0.15, 0.2) is 71.3 Å². The van der Waals surface area contributed by atoms with E-state index < -0.39 is 0 Å². The molecule has 0 N–H and O–H groups in total. The van der Waals surface area contributed by atoms with Gasteiger partial charge in [0.05, 0.1) is 11.8 Å². The molecule has 0 unspecified atom stereocenters. The topological polar surface area (TPSA) is 21.3 Å². The first-order valence-corrected chi connectivity index (χ1v) is 8.81. The lowest BCUT2D eigenvalue weighted by Gasteiger charge is -2.20. The van der Waals surface area contributed by atoms with Crippen molar-refractivity contribution in [1.29, 1.82) is 0 Å². The van der Waals surface area contributed by atoms with Gasteiger partial charge in [0.25, 0.3) is 0 Å². The number of anilines is 2. The molecule has 128 valence electrons. The quantitative estimate of drug-likeness (QED) is 0.384. The Hall–Kier alpha value is -3.20. The molecule has 26 heavy (non-hydrogen) atoms. The molecule has 0 amide bonds. The van der Waals surface area contributed by atoms with Crippen LogP contribution in [0.1, 0.15) is 5.56 Å². The fraction of sp³-hybridized carbons (Fsp3) is 0.130. The molecule has 2 heterocycles. The van der Waals surface area contributed by atoms with Crippen molar-refractivity contribution in [2.24, 2.45) is 7.05 Å². The molecule has 3 heteroatoms. The van der Waals surface area contributed by atoms with Crippen LogP contribution in [0.25, 0.3) is 32.8 Å². The molecule has 0 aliphatic rings. The highest BCUT2D eigenvalue weighted by Gasteiger charge is 2.12. The van der Waals surface area contributed by atoms with Crippen molar-refractivity contribution in [3.8, 4) is 0 Å². The molecule has 0 aliphatic carbocycles. The van der Waals surface area contributed by atoms with E-state index in [0.29, 0.717) is 0 Å². The smallest absolute Gasteiger partial charge is 0.133 e. The van der Waals surface area contributed by atoms with Crippen LogP contribution in [0.3, 0.4) is 0 Å². The van der Waals surface area contributed by atoms with Gasteiger partial charge in [0.1, 0.15) is 5.58 Å². The van der Waals surface area contributed by atoms with Crippen molar-refractivity contribution < 1.29 is 4.42 Å². The molecule has 2 aromatic heterocycles. The van der Waals surface area contributed by atoms with Gasteiger partial charge in [-0.05, 0) is 55.0 Å². The minimum absolute atomic E-state index is 0.918. The molecular formula is C23H20N2O. The summed E-state index contributed by atoms with van der Waals surface area (Å²) in [5.74, 6) is 0. The van der Waals surface area contributed by atoms with Crippen LogP contribution in [-0.2, 0) is 7.05 Å². The Morgan fingerprint density at radius 1 is 0.808 bits per heavy atom. The zero-order valence-electron chi connectivity index (χ0n) is 15.2. The average molecular weight is 340 g/mol. The van der Waals surface area contributed by atoms with Gasteiger partial charge in [-0.2, -0.15) is 0 Å². The molecule has 0 aliphatic heterocycles. The summed E-state index contributed by atoms with van der Waals surface area (Å²) < 4.78 is 7.74. The van der Waals surface area contributed by atoms with Gasteiger partial charge >= 0.3 is 0 Å². The summed E-state index contributed by atoms with van der Waals surface area (Å²) in [5, 5.41) is 3.72. The molecule has 0 radical (unpaired) electrons. The van der Waals surface area contributed by atoms with Gasteiger partial charge in [-0.3, -0.25) is 0 Å². The molecule has 3 nitrogen and oxygen atoms in total. The average Bonchev–Trinajstić information content (AvgIpc) is 3.23. The minimum Gasteiger partial charge on any atom is -0.464 e. The Bertz CT molecular complexity index is 1280. The van der Waals surface area contributed by atoms with Crippen LogP contribution >= 0.6 is 0 Å². The summed E-state index contributed by atoms with van der Waals surface area (Å²) in [6.45, 7) is 2.14. The van der Waals surface area contributed by atoms with Gasteiger partial charge in [-0.25, -0.2) is 0 Å². The van der Waals surface area contributed by atoms with Crippen molar-refractivity contribution in [3.63, 3.8) is 0 Å². The van der Waals surface area contributed by atoms with Crippen molar-refractivity contribution in [1.82, 2.24) is 4.57 Å². The Morgan fingerprint density at radius 2 is 1.50 bits per heavy atom. The zero-order valence-corrected chi connectivity index (χ0v) is 15.2. The van der Waals surface area contributed by atoms with E-state index in [1.165, 1.54) is 33.1 Å². The number of aryl methyl sites for hydroxylation is 2. The van der Waals surface area contributed by atoms with E-state index in [2.05, 4.69) is 79.0 Å².